The van der Waals surface area contributed by atoms with E-state index in [4.69, 9.17) is 4.42 Å². The van der Waals surface area contributed by atoms with E-state index in [9.17, 15) is 10.1 Å². The van der Waals surface area contributed by atoms with Crippen LogP contribution < -0.4 is 5.32 Å². The van der Waals surface area contributed by atoms with Gasteiger partial charge >= 0.3 is 0 Å². The SMILES string of the molecule is Cc1cccc([N+](=O)[O-])c1-c1nnc(CNC(C)(C)C)o1. The summed E-state index contributed by atoms with van der Waals surface area (Å²) >= 11 is 0. The van der Waals surface area contributed by atoms with Crippen LogP contribution in [0.1, 0.15) is 32.2 Å². The van der Waals surface area contributed by atoms with Crippen molar-refractivity contribution in [3.8, 4) is 11.5 Å². The molecule has 0 aliphatic rings. The maximum Gasteiger partial charge on any atom is 0.282 e. The summed E-state index contributed by atoms with van der Waals surface area (Å²) in [5, 5.41) is 22.2. The number of nitro groups is 1. The van der Waals surface area contributed by atoms with E-state index in [0.717, 1.165) is 5.56 Å². The van der Waals surface area contributed by atoms with Gasteiger partial charge in [-0.1, -0.05) is 12.1 Å². The van der Waals surface area contributed by atoms with Crippen LogP contribution in [0.5, 0.6) is 0 Å². The summed E-state index contributed by atoms with van der Waals surface area (Å²) in [5.41, 5.74) is 0.984. The lowest BCUT2D eigenvalue weighted by Crippen LogP contribution is -2.35. The molecule has 1 aromatic heterocycles. The number of benzene rings is 1. The Bertz CT molecular complexity index is 658. The fourth-order valence-corrected chi connectivity index (χ4v) is 1.85. The lowest BCUT2D eigenvalue weighted by Gasteiger charge is -2.18. The summed E-state index contributed by atoms with van der Waals surface area (Å²) in [5.74, 6) is 0.572. The van der Waals surface area contributed by atoms with Crippen molar-refractivity contribution in [2.45, 2.75) is 39.8 Å². The van der Waals surface area contributed by atoms with E-state index < -0.39 is 4.92 Å². The van der Waals surface area contributed by atoms with E-state index in [-0.39, 0.29) is 17.1 Å². The molecule has 0 spiro atoms. The van der Waals surface area contributed by atoms with Gasteiger partial charge in [0.25, 0.3) is 11.6 Å². The van der Waals surface area contributed by atoms with Crippen LogP contribution in [-0.4, -0.2) is 20.7 Å². The molecule has 1 N–H and O–H groups in total. The van der Waals surface area contributed by atoms with Crippen molar-refractivity contribution in [3.63, 3.8) is 0 Å². The number of aromatic nitrogens is 2. The van der Waals surface area contributed by atoms with Gasteiger partial charge in [-0.2, -0.15) is 0 Å². The molecular weight excluding hydrogens is 272 g/mol. The number of hydrogen-bond donors (Lipinski definition) is 1. The van der Waals surface area contributed by atoms with Gasteiger partial charge in [0.1, 0.15) is 5.56 Å². The molecule has 0 saturated heterocycles. The van der Waals surface area contributed by atoms with Crippen molar-refractivity contribution in [3.05, 3.63) is 39.8 Å². The van der Waals surface area contributed by atoms with Gasteiger partial charge in [-0.15, -0.1) is 10.2 Å². The Labute approximate surface area is 122 Å². The first-order valence-electron chi connectivity index (χ1n) is 6.60. The highest BCUT2D eigenvalue weighted by molar-refractivity contribution is 5.70. The molecule has 0 atom stereocenters. The van der Waals surface area contributed by atoms with Gasteiger partial charge in [0, 0.05) is 11.6 Å². The molecule has 112 valence electrons. The lowest BCUT2D eigenvalue weighted by atomic mass is 10.1. The van der Waals surface area contributed by atoms with Gasteiger partial charge in [-0.05, 0) is 33.3 Å². The third-order valence-corrected chi connectivity index (χ3v) is 2.90. The number of nitro benzene ring substituents is 1. The topological polar surface area (TPSA) is 94.1 Å². The van der Waals surface area contributed by atoms with Gasteiger partial charge in [0.05, 0.1) is 11.5 Å². The molecule has 21 heavy (non-hydrogen) atoms. The summed E-state index contributed by atoms with van der Waals surface area (Å²) in [6.45, 7) is 8.26. The van der Waals surface area contributed by atoms with Crippen molar-refractivity contribution in [1.82, 2.24) is 15.5 Å². The van der Waals surface area contributed by atoms with Crippen LogP contribution in [0.4, 0.5) is 5.69 Å². The van der Waals surface area contributed by atoms with Crippen LogP contribution in [0, 0.1) is 17.0 Å². The molecule has 0 bridgehead atoms. The molecule has 1 aromatic carbocycles. The van der Waals surface area contributed by atoms with Crippen molar-refractivity contribution in [2.24, 2.45) is 0 Å². The molecule has 1 heterocycles. The van der Waals surface area contributed by atoms with Crippen molar-refractivity contribution in [2.75, 3.05) is 0 Å². The van der Waals surface area contributed by atoms with E-state index in [0.29, 0.717) is 18.0 Å². The van der Waals surface area contributed by atoms with Gasteiger partial charge in [0.15, 0.2) is 0 Å². The maximum atomic E-state index is 11.1. The summed E-state index contributed by atoms with van der Waals surface area (Å²) in [7, 11) is 0. The molecule has 0 aliphatic heterocycles. The molecule has 7 heteroatoms. The first-order valence-corrected chi connectivity index (χ1v) is 6.60. The monoisotopic (exact) mass is 290 g/mol. The maximum absolute atomic E-state index is 11.1. The normalized spacial score (nSPS) is 11.6. The number of hydrogen-bond acceptors (Lipinski definition) is 6. The van der Waals surface area contributed by atoms with E-state index in [2.05, 4.69) is 15.5 Å². The summed E-state index contributed by atoms with van der Waals surface area (Å²) in [6, 6.07) is 4.84. The third kappa shape index (κ3) is 3.63. The summed E-state index contributed by atoms with van der Waals surface area (Å²) in [6.07, 6.45) is 0. The molecule has 2 rings (SSSR count). The number of nitrogens with zero attached hydrogens (tertiary/aromatic N) is 3. The quantitative estimate of drug-likeness (QED) is 0.687. The van der Waals surface area contributed by atoms with Crippen molar-refractivity contribution < 1.29 is 9.34 Å². The molecule has 0 unspecified atom stereocenters. The Balaban J connectivity index is 2.32. The van der Waals surface area contributed by atoms with Gasteiger partial charge in [0.2, 0.25) is 5.89 Å². The first-order chi connectivity index (χ1) is 9.78. The Morgan fingerprint density at radius 2 is 2.05 bits per heavy atom. The standard InChI is InChI=1S/C14H18N4O3/c1-9-6-5-7-10(18(19)20)12(9)13-17-16-11(21-13)8-15-14(2,3)4/h5-7,15H,8H2,1-4H3. The molecule has 7 nitrogen and oxygen atoms in total. The van der Waals surface area contributed by atoms with E-state index in [1.165, 1.54) is 6.07 Å². The molecule has 0 aliphatic carbocycles. The second-order valence-electron chi connectivity index (χ2n) is 5.83. The van der Waals surface area contributed by atoms with Crippen LogP contribution in [0.3, 0.4) is 0 Å². The van der Waals surface area contributed by atoms with Crippen LogP contribution >= 0.6 is 0 Å². The Morgan fingerprint density at radius 3 is 2.67 bits per heavy atom. The molecule has 0 fully saturated rings. The van der Waals surface area contributed by atoms with E-state index in [1.807, 2.05) is 20.8 Å². The lowest BCUT2D eigenvalue weighted by molar-refractivity contribution is -0.384. The summed E-state index contributed by atoms with van der Waals surface area (Å²) in [4.78, 5) is 10.7. The van der Waals surface area contributed by atoms with Crippen LogP contribution in [-0.2, 0) is 6.54 Å². The van der Waals surface area contributed by atoms with Gasteiger partial charge in [-0.3, -0.25) is 10.1 Å². The number of rotatable bonds is 4. The molecule has 2 aromatic rings. The fraction of sp³-hybridized carbons (Fsp3) is 0.429. The molecule has 0 radical (unpaired) electrons. The highest BCUT2D eigenvalue weighted by atomic mass is 16.6. The van der Waals surface area contributed by atoms with E-state index >= 15 is 0 Å². The van der Waals surface area contributed by atoms with E-state index in [1.54, 1.807) is 19.1 Å². The Hall–Kier alpha value is -2.28. The zero-order valence-electron chi connectivity index (χ0n) is 12.5. The highest BCUT2D eigenvalue weighted by Crippen LogP contribution is 2.31. The van der Waals surface area contributed by atoms with Gasteiger partial charge in [-0.25, -0.2) is 0 Å². The Morgan fingerprint density at radius 1 is 1.33 bits per heavy atom. The van der Waals surface area contributed by atoms with Crippen molar-refractivity contribution in [1.29, 1.82) is 0 Å². The largest absolute Gasteiger partial charge is 0.419 e. The number of aryl methyl sites for hydroxylation is 1. The summed E-state index contributed by atoms with van der Waals surface area (Å²) < 4.78 is 5.55. The fourth-order valence-electron chi connectivity index (χ4n) is 1.85. The minimum Gasteiger partial charge on any atom is -0.419 e. The predicted molar refractivity (Wildman–Crippen MR) is 77.7 cm³/mol. The molecule has 0 saturated carbocycles. The average Bonchev–Trinajstić information content (AvgIpc) is 2.83. The van der Waals surface area contributed by atoms with Gasteiger partial charge < -0.3 is 9.73 Å². The third-order valence-electron chi connectivity index (χ3n) is 2.90. The second-order valence-corrected chi connectivity index (χ2v) is 5.83. The zero-order valence-corrected chi connectivity index (χ0v) is 12.5. The first kappa shape index (κ1) is 15.1. The zero-order chi connectivity index (χ0) is 15.6. The highest BCUT2D eigenvalue weighted by Gasteiger charge is 2.22. The second kappa shape index (κ2) is 5.61. The minimum absolute atomic E-state index is 0.0334. The molecular formula is C14H18N4O3. The number of nitrogens with one attached hydrogen (secondary N) is 1. The van der Waals surface area contributed by atoms with Crippen LogP contribution in [0.2, 0.25) is 0 Å². The Kier molecular flexibility index (Phi) is 4.04. The minimum atomic E-state index is -0.445. The van der Waals surface area contributed by atoms with Crippen LogP contribution in [0.25, 0.3) is 11.5 Å². The average molecular weight is 290 g/mol. The molecule has 0 amide bonds. The van der Waals surface area contributed by atoms with Crippen molar-refractivity contribution >= 4 is 5.69 Å². The van der Waals surface area contributed by atoms with Crippen LogP contribution in [0.15, 0.2) is 22.6 Å². The predicted octanol–water partition coefficient (Wildman–Crippen LogP) is 2.84. The smallest absolute Gasteiger partial charge is 0.282 e.